The number of rotatable bonds is 5. The van der Waals surface area contributed by atoms with Crippen molar-refractivity contribution in [3.8, 4) is 5.75 Å². The van der Waals surface area contributed by atoms with Crippen molar-refractivity contribution in [2.24, 2.45) is 0 Å². The summed E-state index contributed by atoms with van der Waals surface area (Å²) < 4.78 is 26.4. The Bertz CT molecular complexity index is 1320. The van der Waals surface area contributed by atoms with E-state index < -0.39 is 28.5 Å². The van der Waals surface area contributed by atoms with E-state index >= 15 is 0 Å². The third kappa shape index (κ3) is 5.99. The Balaban J connectivity index is 1.61. The molecule has 1 aromatic heterocycles. The summed E-state index contributed by atoms with van der Waals surface area (Å²) in [6, 6.07) is 7.25. The third-order valence-corrected chi connectivity index (χ3v) is 5.91. The number of fused-ring (bicyclic) bond motifs is 1. The molecule has 1 atom stereocenters. The average molecular weight is 562 g/mol. The molecule has 0 saturated carbocycles. The Labute approximate surface area is 215 Å². The number of nitrogens with one attached hydrogen (secondary N) is 1. The fraction of sp³-hybridized carbons (Fsp3) is 0.375. The van der Waals surface area contributed by atoms with Gasteiger partial charge in [-0.1, -0.05) is 15.9 Å². The number of anilines is 2. The first-order chi connectivity index (χ1) is 17.0. The first-order valence-electron chi connectivity index (χ1n) is 11.3. The van der Waals surface area contributed by atoms with Gasteiger partial charge in [0, 0.05) is 23.2 Å². The van der Waals surface area contributed by atoms with Gasteiger partial charge in [0.15, 0.2) is 5.75 Å². The zero-order valence-corrected chi connectivity index (χ0v) is 21.5. The van der Waals surface area contributed by atoms with Crippen LogP contribution in [0.25, 0.3) is 10.9 Å². The largest absolute Gasteiger partial charge is 0.482 e. The summed E-state index contributed by atoms with van der Waals surface area (Å²) in [6.45, 7) is 6.12. The van der Waals surface area contributed by atoms with Crippen LogP contribution < -0.4 is 10.1 Å². The van der Waals surface area contributed by atoms with Gasteiger partial charge < -0.3 is 19.7 Å². The lowest BCUT2D eigenvalue weighted by Crippen LogP contribution is -2.46. The van der Waals surface area contributed by atoms with Crippen molar-refractivity contribution in [3.05, 3.63) is 57.1 Å². The van der Waals surface area contributed by atoms with Crippen LogP contribution in [0.15, 0.2) is 41.1 Å². The molecule has 2 heterocycles. The summed E-state index contributed by atoms with van der Waals surface area (Å²) >= 11 is 3.21. The van der Waals surface area contributed by atoms with Crippen LogP contribution in [-0.2, 0) is 4.74 Å². The molecule has 1 saturated heterocycles. The van der Waals surface area contributed by atoms with E-state index in [-0.39, 0.29) is 29.5 Å². The molecular weight excluding hydrogens is 537 g/mol. The van der Waals surface area contributed by atoms with Gasteiger partial charge in [-0.2, -0.15) is 0 Å². The number of nitro benzene ring substituents is 1. The molecule has 0 radical (unpaired) electrons. The first kappa shape index (κ1) is 25.5. The van der Waals surface area contributed by atoms with E-state index in [2.05, 4.69) is 31.2 Å². The second kappa shape index (κ2) is 10.2. The molecule has 12 heteroatoms. The third-order valence-electron chi connectivity index (χ3n) is 5.42. The molecule has 1 aliphatic rings. The predicted octanol–water partition coefficient (Wildman–Crippen LogP) is 5.96. The molecule has 10 nitrogen and oxygen atoms in total. The second-order valence-electron chi connectivity index (χ2n) is 9.37. The minimum absolute atomic E-state index is 0.0306. The highest BCUT2D eigenvalue weighted by atomic mass is 79.9. The fourth-order valence-corrected chi connectivity index (χ4v) is 4.17. The fourth-order valence-electron chi connectivity index (χ4n) is 3.83. The number of nitrogens with zero attached hydrogens (tertiary/aromatic N) is 4. The molecular formula is C24H25BrFN5O5. The van der Waals surface area contributed by atoms with Crippen molar-refractivity contribution >= 4 is 50.1 Å². The highest BCUT2D eigenvalue weighted by molar-refractivity contribution is 9.10. The lowest BCUT2D eigenvalue weighted by molar-refractivity contribution is -0.386. The van der Waals surface area contributed by atoms with Gasteiger partial charge in [0.05, 0.1) is 28.1 Å². The molecule has 4 rings (SSSR count). The van der Waals surface area contributed by atoms with Gasteiger partial charge in [-0.15, -0.1) is 0 Å². The highest BCUT2D eigenvalue weighted by Gasteiger charge is 2.30. The topological polar surface area (TPSA) is 120 Å². The Morgan fingerprint density at radius 2 is 2.06 bits per heavy atom. The summed E-state index contributed by atoms with van der Waals surface area (Å²) in [5.41, 5.74) is -0.380. The number of aromatic nitrogens is 2. The zero-order valence-electron chi connectivity index (χ0n) is 20.0. The summed E-state index contributed by atoms with van der Waals surface area (Å²) in [6.07, 6.45) is 1.65. The number of likely N-dealkylation sites (tertiary alicyclic amines) is 1. The van der Waals surface area contributed by atoms with Crippen molar-refractivity contribution < 1.29 is 23.6 Å². The maximum Gasteiger partial charge on any atom is 0.410 e. The number of benzene rings is 2. The van der Waals surface area contributed by atoms with E-state index in [1.807, 2.05) is 0 Å². The van der Waals surface area contributed by atoms with Crippen molar-refractivity contribution in [1.82, 2.24) is 14.9 Å². The number of nitro groups is 1. The standard InChI is InChI=1S/C24H25BrFN5O5/c1-24(2,3)36-23(32)30-8-4-5-15(12-30)35-21-11-19-16(10-20(21)31(33)34)22(28-13-27-19)29-18-7-6-14(25)9-17(18)26/h6-7,9-11,13,15H,4-5,8,12H2,1-3H3,(H,27,28,29). The highest BCUT2D eigenvalue weighted by Crippen LogP contribution is 2.36. The Morgan fingerprint density at radius 3 is 2.75 bits per heavy atom. The van der Waals surface area contributed by atoms with Crippen LogP contribution in [0.5, 0.6) is 5.75 Å². The van der Waals surface area contributed by atoms with Crippen LogP contribution in [0.4, 0.5) is 26.4 Å². The van der Waals surface area contributed by atoms with Crippen molar-refractivity contribution in [2.75, 3.05) is 18.4 Å². The van der Waals surface area contributed by atoms with Crippen LogP contribution in [0, 0.1) is 15.9 Å². The molecule has 1 unspecified atom stereocenters. The van der Waals surface area contributed by atoms with Gasteiger partial charge in [0.25, 0.3) is 0 Å². The van der Waals surface area contributed by atoms with Gasteiger partial charge in [-0.05, 0) is 51.8 Å². The summed E-state index contributed by atoms with van der Waals surface area (Å²) in [7, 11) is 0. The second-order valence-corrected chi connectivity index (χ2v) is 10.3. The molecule has 190 valence electrons. The van der Waals surface area contributed by atoms with Crippen LogP contribution in [-0.4, -0.2) is 50.7 Å². The number of carbonyl (C=O) groups excluding carboxylic acids is 1. The van der Waals surface area contributed by atoms with Crippen LogP contribution in [0.2, 0.25) is 0 Å². The number of amides is 1. The molecule has 0 bridgehead atoms. The zero-order chi connectivity index (χ0) is 26.0. The molecule has 0 spiro atoms. The lowest BCUT2D eigenvalue weighted by atomic mass is 10.1. The van der Waals surface area contributed by atoms with Gasteiger partial charge in [0.1, 0.15) is 29.7 Å². The summed E-state index contributed by atoms with van der Waals surface area (Å²) in [4.78, 5) is 33.7. The van der Waals surface area contributed by atoms with Crippen molar-refractivity contribution in [2.45, 2.75) is 45.3 Å². The molecule has 36 heavy (non-hydrogen) atoms. The number of carbonyl (C=O) groups is 1. The lowest BCUT2D eigenvalue weighted by Gasteiger charge is -2.34. The normalized spacial score (nSPS) is 16.0. The Kier molecular flexibility index (Phi) is 7.25. The van der Waals surface area contributed by atoms with E-state index in [4.69, 9.17) is 9.47 Å². The monoisotopic (exact) mass is 561 g/mol. The average Bonchev–Trinajstić information content (AvgIpc) is 2.79. The van der Waals surface area contributed by atoms with Crippen LogP contribution in [0.1, 0.15) is 33.6 Å². The molecule has 0 aliphatic carbocycles. The van der Waals surface area contributed by atoms with Gasteiger partial charge in [0.2, 0.25) is 0 Å². The maximum atomic E-state index is 14.3. The smallest absolute Gasteiger partial charge is 0.410 e. The number of hydrogen-bond acceptors (Lipinski definition) is 8. The molecule has 1 fully saturated rings. The maximum absolute atomic E-state index is 14.3. The molecule has 3 aromatic rings. The van der Waals surface area contributed by atoms with Crippen LogP contribution in [0.3, 0.4) is 0 Å². The van der Waals surface area contributed by atoms with E-state index in [0.29, 0.717) is 34.8 Å². The molecule has 1 amide bonds. The van der Waals surface area contributed by atoms with E-state index in [9.17, 15) is 19.3 Å². The summed E-state index contributed by atoms with van der Waals surface area (Å²) in [5.74, 6) is -0.273. The number of piperidine rings is 1. The van der Waals surface area contributed by atoms with E-state index in [1.54, 1.807) is 31.7 Å². The minimum atomic E-state index is -0.632. The van der Waals surface area contributed by atoms with E-state index in [0.717, 1.165) is 0 Å². The number of hydrogen-bond donors (Lipinski definition) is 1. The minimum Gasteiger partial charge on any atom is -0.482 e. The Morgan fingerprint density at radius 1 is 1.28 bits per heavy atom. The van der Waals surface area contributed by atoms with Gasteiger partial charge in [-0.25, -0.2) is 19.2 Å². The SMILES string of the molecule is CC(C)(C)OC(=O)N1CCCC(Oc2cc3ncnc(Nc4ccc(Br)cc4F)c3cc2[N+](=O)[O-])C1. The predicted molar refractivity (Wildman–Crippen MR) is 135 cm³/mol. The van der Waals surface area contributed by atoms with Gasteiger partial charge in [-0.3, -0.25) is 10.1 Å². The number of ether oxygens (including phenoxy) is 2. The number of halogens is 2. The summed E-state index contributed by atoms with van der Waals surface area (Å²) in [5, 5.41) is 15.1. The van der Waals surface area contributed by atoms with Crippen molar-refractivity contribution in [3.63, 3.8) is 0 Å². The quantitative estimate of drug-likeness (QED) is 0.299. The van der Waals surface area contributed by atoms with E-state index in [1.165, 1.54) is 30.6 Å². The first-order valence-corrected chi connectivity index (χ1v) is 12.1. The molecule has 1 aliphatic heterocycles. The van der Waals surface area contributed by atoms with Crippen molar-refractivity contribution in [1.29, 1.82) is 0 Å². The Hall–Kier alpha value is -3.54. The molecule has 2 aromatic carbocycles. The van der Waals surface area contributed by atoms with Gasteiger partial charge >= 0.3 is 11.8 Å². The molecule has 1 N–H and O–H groups in total. The van der Waals surface area contributed by atoms with Crippen LogP contribution >= 0.6 is 15.9 Å².